The van der Waals surface area contributed by atoms with Gasteiger partial charge in [0, 0.05) is 24.7 Å². The van der Waals surface area contributed by atoms with Crippen LogP contribution in [0.15, 0.2) is 22.3 Å². The van der Waals surface area contributed by atoms with Crippen LogP contribution in [0.3, 0.4) is 0 Å². The number of hydrogen-bond acceptors (Lipinski definition) is 3. The summed E-state index contributed by atoms with van der Waals surface area (Å²) in [5.41, 5.74) is 0.424. The van der Waals surface area contributed by atoms with Crippen LogP contribution < -0.4 is 0 Å². The molecule has 1 aromatic rings. The number of rotatable bonds is 3. The molecule has 0 aliphatic carbocycles. The molecule has 0 saturated carbocycles. The largest absolute Gasteiger partial charge is 0.506 e. The van der Waals surface area contributed by atoms with Gasteiger partial charge in [-0.25, -0.2) is 0 Å². The summed E-state index contributed by atoms with van der Waals surface area (Å²) in [6, 6.07) is 3.01. The Hall–Kier alpha value is -1.26. The molecule has 0 saturated heterocycles. The highest BCUT2D eigenvalue weighted by Gasteiger charge is 2.05. The zero-order valence-electron chi connectivity index (χ0n) is 8.85. The third-order valence-corrected chi connectivity index (χ3v) is 2.11. The normalized spacial score (nSPS) is 11.5. The van der Waals surface area contributed by atoms with Gasteiger partial charge in [0.25, 0.3) is 0 Å². The minimum absolute atomic E-state index is 0.0603. The number of nitrogens with zero attached hydrogens (tertiary/aromatic N) is 3. The van der Waals surface area contributed by atoms with E-state index >= 15 is 0 Å². The minimum Gasteiger partial charge on any atom is -0.506 e. The van der Waals surface area contributed by atoms with Gasteiger partial charge in [-0.05, 0) is 12.1 Å². The SMILES string of the molecule is CN(C)/C=N\N=C/c1cc(Cl)cc(Cl)c1O. The van der Waals surface area contributed by atoms with Gasteiger partial charge in [0.2, 0.25) is 0 Å². The zero-order chi connectivity index (χ0) is 12.1. The third kappa shape index (κ3) is 3.72. The monoisotopic (exact) mass is 259 g/mol. The Morgan fingerprint density at radius 1 is 1.25 bits per heavy atom. The predicted molar refractivity (Wildman–Crippen MR) is 67.9 cm³/mol. The minimum atomic E-state index is -0.0603. The highest BCUT2D eigenvalue weighted by molar-refractivity contribution is 6.36. The second-order valence-corrected chi connectivity index (χ2v) is 4.11. The molecule has 0 amide bonds. The number of phenolic OH excluding ortho intramolecular Hbond substituents is 1. The first kappa shape index (κ1) is 12.8. The average molecular weight is 260 g/mol. The fourth-order valence-electron chi connectivity index (χ4n) is 0.913. The standard InChI is InChI=1S/C10H11Cl2N3O/c1-15(2)6-14-13-5-7-3-8(11)4-9(12)10(7)16/h3-6,16H,1-2H3/b13-5-,14-6-. The van der Waals surface area contributed by atoms with Crippen molar-refractivity contribution in [2.24, 2.45) is 10.2 Å². The van der Waals surface area contributed by atoms with E-state index in [9.17, 15) is 5.11 Å². The summed E-state index contributed by atoms with van der Waals surface area (Å²) in [7, 11) is 3.65. The third-order valence-electron chi connectivity index (χ3n) is 1.60. The van der Waals surface area contributed by atoms with Crippen molar-refractivity contribution in [3.63, 3.8) is 0 Å². The molecule has 0 radical (unpaired) electrons. The number of aromatic hydroxyl groups is 1. The van der Waals surface area contributed by atoms with Crippen molar-refractivity contribution in [1.82, 2.24) is 4.90 Å². The molecule has 0 spiro atoms. The fraction of sp³-hybridized carbons (Fsp3) is 0.200. The molecule has 0 aliphatic heterocycles. The number of halogens is 2. The molecule has 6 heteroatoms. The fourth-order valence-corrected chi connectivity index (χ4v) is 1.42. The van der Waals surface area contributed by atoms with Gasteiger partial charge in [-0.3, -0.25) is 0 Å². The summed E-state index contributed by atoms with van der Waals surface area (Å²) < 4.78 is 0. The Balaban J connectivity index is 2.89. The van der Waals surface area contributed by atoms with Crippen LogP contribution in [0, 0.1) is 0 Å². The summed E-state index contributed by atoms with van der Waals surface area (Å²) >= 11 is 11.5. The molecular formula is C10H11Cl2N3O. The van der Waals surface area contributed by atoms with Crippen molar-refractivity contribution in [3.8, 4) is 5.75 Å². The van der Waals surface area contributed by atoms with Crippen LogP contribution in [0.1, 0.15) is 5.56 Å². The molecular weight excluding hydrogens is 249 g/mol. The highest BCUT2D eigenvalue weighted by Crippen LogP contribution is 2.29. The second-order valence-electron chi connectivity index (χ2n) is 3.26. The molecule has 1 N–H and O–H groups in total. The van der Waals surface area contributed by atoms with E-state index in [4.69, 9.17) is 23.2 Å². The lowest BCUT2D eigenvalue weighted by atomic mass is 10.2. The van der Waals surface area contributed by atoms with Gasteiger partial charge in [-0.2, -0.15) is 5.10 Å². The number of hydrogen-bond donors (Lipinski definition) is 1. The molecule has 0 heterocycles. The topological polar surface area (TPSA) is 48.2 Å². The number of benzene rings is 1. The average Bonchev–Trinajstić information content (AvgIpc) is 2.19. The Labute approximate surface area is 104 Å². The second kappa shape index (κ2) is 5.72. The first-order valence-corrected chi connectivity index (χ1v) is 5.17. The van der Waals surface area contributed by atoms with Crippen molar-refractivity contribution in [1.29, 1.82) is 0 Å². The Kier molecular flexibility index (Phi) is 4.58. The van der Waals surface area contributed by atoms with Crippen molar-refractivity contribution in [2.45, 2.75) is 0 Å². The lowest BCUT2D eigenvalue weighted by Gasteiger charge is -2.01. The van der Waals surface area contributed by atoms with Crippen LogP contribution in [0.4, 0.5) is 0 Å². The number of phenols is 1. The summed E-state index contributed by atoms with van der Waals surface area (Å²) in [6.45, 7) is 0. The van der Waals surface area contributed by atoms with E-state index in [2.05, 4.69) is 10.2 Å². The van der Waals surface area contributed by atoms with Gasteiger partial charge >= 0.3 is 0 Å². The van der Waals surface area contributed by atoms with Crippen LogP contribution in [-0.2, 0) is 0 Å². The quantitative estimate of drug-likeness (QED) is 0.516. The molecule has 4 nitrogen and oxygen atoms in total. The summed E-state index contributed by atoms with van der Waals surface area (Å²) in [5, 5.41) is 17.7. The molecule has 0 aromatic heterocycles. The molecule has 1 rings (SSSR count). The van der Waals surface area contributed by atoms with Gasteiger partial charge in [0.1, 0.15) is 12.1 Å². The smallest absolute Gasteiger partial charge is 0.143 e. The molecule has 0 aliphatic rings. The van der Waals surface area contributed by atoms with Crippen molar-refractivity contribution in [2.75, 3.05) is 14.1 Å². The molecule has 0 bridgehead atoms. The van der Waals surface area contributed by atoms with E-state index in [1.165, 1.54) is 18.6 Å². The van der Waals surface area contributed by atoms with Crippen LogP contribution >= 0.6 is 23.2 Å². The Bertz CT molecular complexity index is 430. The van der Waals surface area contributed by atoms with Crippen molar-refractivity contribution in [3.05, 3.63) is 27.7 Å². The van der Waals surface area contributed by atoms with Gasteiger partial charge in [-0.15, -0.1) is 5.10 Å². The van der Waals surface area contributed by atoms with Crippen molar-refractivity contribution >= 4 is 35.8 Å². The van der Waals surface area contributed by atoms with Crippen molar-refractivity contribution < 1.29 is 5.11 Å². The van der Waals surface area contributed by atoms with E-state index in [0.29, 0.717) is 10.6 Å². The van der Waals surface area contributed by atoms with Crippen LogP contribution in [0.2, 0.25) is 10.0 Å². The molecule has 16 heavy (non-hydrogen) atoms. The summed E-state index contributed by atoms with van der Waals surface area (Å²) in [5.74, 6) is -0.0603. The first-order chi connectivity index (χ1) is 7.50. The van der Waals surface area contributed by atoms with Gasteiger partial charge in [0.05, 0.1) is 11.2 Å². The predicted octanol–water partition coefficient (Wildman–Crippen LogP) is 2.62. The lowest BCUT2D eigenvalue weighted by molar-refractivity contribution is 0.474. The lowest BCUT2D eigenvalue weighted by Crippen LogP contribution is -2.06. The van der Waals surface area contributed by atoms with E-state index in [1.807, 2.05) is 14.1 Å². The van der Waals surface area contributed by atoms with Gasteiger partial charge in [-0.1, -0.05) is 23.2 Å². The Morgan fingerprint density at radius 3 is 2.56 bits per heavy atom. The maximum absolute atomic E-state index is 9.59. The summed E-state index contributed by atoms with van der Waals surface area (Å²) in [6.07, 6.45) is 2.91. The summed E-state index contributed by atoms with van der Waals surface area (Å²) in [4.78, 5) is 1.74. The Morgan fingerprint density at radius 2 is 1.94 bits per heavy atom. The van der Waals surface area contributed by atoms with Crippen LogP contribution in [-0.4, -0.2) is 36.7 Å². The molecule has 0 fully saturated rings. The maximum Gasteiger partial charge on any atom is 0.143 e. The van der Waals surface area contributed by atoms with Crippen LogP contribution in [0.5, 0.6) is 5.75 Å². The van der Waals surface area contributed by atoms with E-state index in [1.54, 1.807) is 11.0 Å². The van der Waals surface area contributed by atoms with E-state index < -0.39 is 0 Å². The maximum atomic E-state index is 9.59. The molecule has 1 aromatic carbocycles. The molecule has 86 valence electrons. The molecule has 0 unspecified atom stereocenters. The first-order valence-electron chi connectivity index (χ1n) is 4.41. The van der Waals surface area contributed by atoms with Gasteiger partial charge < -0.3 is 10.0 Å². The van der Waals surface area contributed by atoms with E-state index in [-0.39, 0.29) is 10.8 Å². The zero-order valence-corrected chi connectivity index (χ0v) is 10.4. The molecule has 0 atom stereocenters. The van der Waals surface area contributed by atoms with Crippen LogP contribution in [0.25, 0.3) is 0 Å². The van der Waals surface area contributed by atoms with E-state index in [0.717, 1.165) is 0 Å². The van der Waals surface area contributed by atoms with Gasteiger partial charge in [0.15, 0.2) is 0 Å². The highest BCUT2D eigenvalue weighted by atomic mass is 35.5.